The zero-order valence-electron chi connectivity index (χ0n) is 18.3. The summed E-state index contributed by atoms with van der Waals surface area (Å²) in [5, 5.41) is 12.0. The van der Waals surface area contributed by atoms with Crippen molar-refractivity contribution >= 4 is 29.3 Å². The highest BCUT2D eigenvalue weighted by molar-refractivity contribution is 6.00. The standard InChI is InChI=1S/C24H25N3O5/c1-4-27(16(2)3)20-8-6-19(7-9-20)26-23(28)14-30-24(29)18(13-25)11-17-5-10-21-22(12-17)32-15-31-21/h5-12,16H,4,14-15H2,1-3H3,(H,26,28). The summed E-state index contributed by atoms with van der Waals surface area (Å²) >= 11 is 0. The van der Waals surface area contributed by atoms with E-state index in [9.17, 15) is 14.9 Å². The topological polar surface area (TPSA) is 101 Å². The number of anilines is 2. The molecule has 2 aromatic carbocycles. The van der Waals surface area contributed by atoms with E-state index >= 15 is 0 Å². The first-order valence-corrected chi connectivity index (χ1v) is 10.3. The maximum Gasteiger partial charge on any atom is 0.349 e. The zero-order chi connectivity index (χ0) is 23.1. The molecular formula is C24H25N3O5. The van der Waals surface area contributed by atoms with Crippen molar-refractivity contribution < 1.29 is 23.8 Å². The number of benzene rings is 2. The van der Waals surface area contributed by atoms with E-state index in [4.69, 9.17) is 14.2 Å². The number of hydrogen-bond acceptors (Lipinski definition) is 7. The van der Waals surface area contributed by atoms with Crippen molar-refractivity contribution in [1.29, 1.82) is 5.26 Å². The average Bonchev–Trinajstić information content (AvgIpc) is 3.25. The van der Waals surface area contributed by atoms with Crippen LogP contribution in [-0.4, -0.2) is 37.9 Å². The second-order valence-corrected chi connectivity index (χ2v) is 7.33. The maximum atomic E-state index is 12.2. The second kappa shape index (κ2) is 10.4. The molecule has 0 saturated heterocycles. The molecule has 0 unspecified atom stereocenters. The van der Waals surface area contributed by atoms with E-state index in [1.807, 2.05) is 12.1 Å². The van der Waals surface area contributed by atoms with Gasteiger partial charge in [-0.05, 0) is 68.8 Å². The Morgan fingerprint density at radius 2 is 1.91 bits per heavy atom. The van der Waals surface area contributed by atoms with Gasteiger partial charge in [-0.3, -0.25) is 4.79 Å². The molecule has 166 valence electrons. The fourth-order valence-corrected chi connectivity index (χ4v) is 3.29. The van der Waals surface area contributed by atoms with E-state index in [2.05, 4.69) is 31.0 Å². The molecule has 0 bridgehead atoms. The minimum absolute atomic E-state index is 0.127. The summed E-state index contributed by atoms with van der Waals surface area (Å²) in [6.45, 7) is 6.81. The molecule has 1 heterocycles. The number of nitrogens with zero attached hydrogens (tertiary/aromatic N) is 2. The van der Waals surface area contributed by atoms with Crippen LogP contribution < -0.4 is 19.7 Å². The Morgan fingerprint density at radius 1 is 1.19 bits per heavy atom. The lowest BCUT2D eigenvalue weighted by molar-refractivity contribution is -0.142. The van der Waals surface area contributed by atoms with Gasteiger partial charge in [0.2, 0.25) is 6.79 Å². The molecule has 0 radical (unpaired) electrons. The van der Waals surface area contributed by atoms with Gasteiger partial charge in [-0.2, -0.15) is 5.26 Å². The van der Waals surface area contributed by atoms with Gasteiger partial charge in [0.25, 0.3) is 5.91 Å². The van der Waals surface area contributed by atoms with E-state index in [-0.39, 0.29) is 12.4 Å². The monoisotopic (exact) mass is 435 g/mol. The van der Waals surface area contributed by atoms with Gasteiger partial charge in [-0.1, -0.05) is 6.07 Å². The summed E-state index contributed by atoms with van der Waals surface area (Å²) in [6.07, 6.45) is 1.37. The number of fused-ring (bicyclic) bond motifs is 1. The van der Waals surface area contributed by atoms with Gasteiger partial charge in [-0.25, -0.2) is 4.79 Å². The first-order chi connectivity index (χ1) is 15.4. The quantitative estimate of drug-likeness (QED) is 0.383. The van der Waals surface area contributed by atoms with Crippen LogP contribution in [0.2, 0.25) is 0 Å². The van der Waals surface area contributed by atoms with Crippen LogP contribution in [0.4, 0.5) is 11.4 Å². The molecule has 1 aliphatic rings. The number of hydrogen-bond donors (Lipinski definition) is 1. The van der Waals surface area contributed by atoms with Crippen molar-refractivity contribution in [2.45, 2.75) is 26.8 Å². The van der Waals surface area contributed by atoms with Crippen LogP contribution in [0.1, 0.15) is 26.3 Å². The lowest BCUT2D eigenvalue weighted by atomic mass is 10.1. The molecule has 1 amide bonds. The highest BCUT2D eigenvalue weighted by Gasteiger charge is 2.16. The third-order valence-electron chi connectivity index (χ3n) is 4.83. The second-order valence-electron chi connectivity index (χ2n) is 7.33. The van der Waals surface area contributed by atoms with E-state index in [0.29, 0.717) is 28.8 Å². The number of ether oxygens (including phenoxy) is 3. The molecule has 0 aromatic heterocycles. The largest absolute Gasteiger partial charge is 0.454 e. The minimum Gasteiger partial charge on any atom is -0.454 e. The molecule has 0 spiro atoms. The van der Waals surface area contributed by atoms with Crippen molar-refractivity contribution in [3.8, 4) is 17.6 Å². The fourth-order valence-electron chi connectivity index (χ4n) is 3.29. The summed E-state index contributed by atoms with van der Waals surface area (Å²) in [6, 6.07) is 14.6. The normalized spacial score (nSPS) is 12.3. The van der Waals surface area contributed by atoms with E-state index < -0.39 is 18.5 Å². The lowest BCUT2D eigenvalue weighted by Gasteiger charge is -2.27. The van der Waals surface area contributed by atoms with Gasteiger partial charge in [-0.15, -0.1) is 0 Å². The predicted octanol–water partition coefficient (Wildman–Crippen LogP) is 3.74. The Morgan fingerprint density at radius 3 is 2.56 bits per heavy atom. The molecule has 32 heavy (non-hydrogen) atoms. The van der Waals surface area contributed by atoms with Gasteiger partial charge < -0.3 is 24.4 Å². The van der Waals surface area contributed by atoms with Gasteiger partial charge in [0.15, 0.2) is 18.1 Å². The minimum atomic E-state index is -0.883. The van der Waals surface area contributed by atoms with Crippen molar-refractivity contribution in [2.24, 2.45) is 0 Å². The molecule has 0 saturated carbocycles. The maximum absolute atomic E-state index is 12.2. The number of nitrogens with one attached hydrogen (secondary N) is 1. The fraction of sp³-hybridized carbons (Fsp3) is 0.292. The number of amides is 1. The zero-order valence-corrected chi connectivity index (χ0v) is 18.3. The van der Waals surface area contributed by atoms with Gasteiger partial charge in [0.05, 0.1) is 0 Å². The Balaban J connectivity index is 1.55. The van der Waals surface area contributed by atoms with Crippen LogP contribution in [0, 0.1) is 11.3 Å². The Bertz CT molecular complexity index is 1050. The Hall–Kier alpha value is -3.99. The van der Waals surface area contributed by atoms with Crippen LogP contribution in [0.5, 0.6) is 11.5 Å². The summed E-state index contributed by atoms with van der Waals surface area (Å²) < 4.78 is 15.5. The van der Waals surface area contributed by atoms with E-state index in [1.165, 1.54) is 6.08 Å². The third kappa shape index (κ3) is 5.58. The molecule has 2 aromatic rings. The molecule has 1 N–H and O–H groups in total. The van der Waals surface area contributed by atoms with Crippen LogP contribution in [0.25, 0.3) is 6.08 Å². The summed E-state index contributed by atoms with van der Waals surface area (Å²) in [5.41, 5.74) is 1.99. The van der Waals surface area contributed by atoms with Gasteiger partial charge in [0.1, 0.15) is 11.6 Å². The van der Waals surface area contributed by atoms with Crippen molar-refractivity contribution in [3.05, 3.63) is 53.6 Å². The van der Waals surface area contributed by atoms with Crippen LogP contribution >= 0.6 is 0 Å². The molecular weight excluding hydrogens is 410 g/mol. The molecule has 8 nitrogen and oxygen atoms in total. The molecule has 0 atom stereocenters. The molecule has 0 aliphatic carbocycles. The van der Waals surface area contributed by atoms with Crippen LogP contribution in [0.15, 0.2) is 48.0 Å². The number of carbonyl (C=O) groups is 2. The number of esters is 1. The summed E-state index contributed by atoms with van der Waals surface area (Å²) in [7, 11) is 0. The van der Waals surface area contributed by atoms with Crippen molar-refractivity contribution in [1.82, 2.24) is 0 Å². The SMILES string of the molecule is CCN(c1ccc(NC(=O)COC(=O)C(C#N)=Cc2ccc3c(c2)OCO3)cc1)C(C)C. The third-order valence-corrected chi connectivity index (χ3v) is 4.83. The Labute approximate surface area is 187 Å². The van der Waals surface area contributed by atoms with E-state index in [0.717, 1.165) is 12.2 Å². The van der Waals surface area contributed by atoms with Gasteiger partial charge >= 0.3 is 5.97 Å². The first kappa shape index (κ1) is 22.7. The smallest absolute Gasteiger partial charge is 0.349 e. The number of rotatable bonds is 8. The van der Waals surface area contributed by atoms with Gasteiger partial charge in [0, 0.05) is 24.0 Å². The summed E-state index contributed by atoms with van der Waals surface area (Å²) in [4.78, 5) is 26.6. The predicted molar refractivity (Wildman–Crippen MR) is 120 cm³/mol. The van der Waals surface area contributed by atoms with Crippen molar-refractivity contribution in [2.75, 3.05) is 30.2 Å². The number of carbonyl (C=O) groups excluding carboxylic acids is 2. The summed E-state index contributed by atoms with van der Waals surface area (Å²) in [5.74, 6) is -0.251. The molecule has 0 fully saturated rings. The van der Waals surface area contributed by atoms with Crippen LogP contribution in [0.3, 0.4) is 0 Å². The van der Waals surface area contributed by atoms with Crippen molar-refractivity contribution in [3.63, 3.8) is 0 Å². The molecule has 3 rings (SSSR count). The first-order valence-electron chi connectivity index (χ1n) is 10.3. The Kier molecular flexibility index (Phi) is 7.34. The van der Waals surface area contributed by atoms with E-state index in [1.54, 1.807) is 36.4 Å². The number of nitriles is 1. The lowest BCUT2D eigenvalue weighted by Crippen LogP contribution is -2.30. The van der Waals surface area contributed by atoms with Crippen LogP contribution in [-0.2, 0) is 14.3 Å². The average molecular weight is 435 g/mol. The molecule has 8 heteroatoms. The highest BCUT2D eigenvalue weighted by Crippen LogP contribution is 2.33. The highest BCUT2D eigenvalue weighted by atomic mass is 16.7. The molecule has 1 aliphatic heterocycles.